The quantitative estimate of drug-likeness (QED) is 0.862. The lowest BCUT2D eigenvalue weighted by atomic mass is 10.2. The summed E-state index contributed by atoms with van der Waals surface area (Å²) in [5.41, 5.74) is 1.44. The van der Waals surface area contributed by atoms with Crippen molar-refractivity contribution in [2.24, 2.45) is 0 Å². The van der Waals surface area contributed by atoms with Gasteiger partial charge in [0, 0.05) is 18.5 Å². The lowest BCUT2D eigenvalue weighted by Gasteiger charge is -2.18. The molecule has 2 aromatic rings. The van der Waals surface area contributed by atoms with E-state index in [0.717, 1.165) is 22.9 Å². The van der Waals surface area contributed by atoms with Crippen molar-refractivity contribution in [1.82, 2.24) is 9.97 Å². The molecule has 0 radical (unpaired) electrons. The molecule has 2 heterocycles. The minimum absolute atomic E-state index is 0.521. The van der Waals surface area contributed by atoms with Gasteiger partial charge in [-0.2, -0.15) is 5.26 Å². The minimum atomic E-state index is 0.521. The van der Waals surface area contributed by atoms with E-state index in [-0.39, 0.29) is 0 Å². The van der Waals surface area contributed by atoms with Crippen LogP contribution in [0.4, 0.5) is 5.82 Å². The fourth-order valence-electron chi connectivity index (χ4n) is 2.68. The predicted molar refractivity (Wildman–Crippen MR) is 77.7 cm³/mol. The first kappa shape index (κ1) is 12.4. The average Bonchev–Trinajstić information content (AvgIpc) is 2.94. The molecule has 2 aromatic heterocycles. The molecule has 0 fully saturated rings. The summed E-state index contributed by atoms with van der Waals surface area (Å²) in [6, 6.07) is 2.19. The Balaban J connectivity index is 2.14. The van der Waals surface area contributed by atoms with Crippen LogP contribution in [0.2, 0.25) is 0 Å². The number of aromatic nitrogens is 2. The molecule has 3 rings (SSSR count). The van der Waals surface area contributed by atoms with Crippen molar-refractivity contribution < 1.29 is 0 Å². The summed E-state index contributed by atoms with van der Waals surface area (Å²) in [6.45, 7) is 2.65. The number of hydrogen-bond donors (Lipinski definition) is 0. The fraction of sp³-hybridized carbons (Fsp3) is 0.500. The van der Waals surface area contributed by atoms with E-state index in [1.54, 1.807) is 0 Å². The van der Waals surface area contributed by atoms with Gasteiger partial charge in [0.15, 0.2) is 0 Å². The predicted octanol–water partition coefficient (Wildman–Crippen LogP) is 2.84. The Bertz CT molecular complexity index is 668. The van der Waals surface area contributed by atoms with E-state index in [1.807, 2.05) is 25.3 Å². The van der Waals surface area contributed by atoms with Gasteiger partial charge in [0.2, 0.25) is 0 Å². The van der Waals surface area contributed by atoms with Crippen LogP contribution in [-0.2, 0) is 12.8 Å². The molecule has 19 heavy (non-hydrogen) atoms. The van der Waals surface area contributed by atoms with Crippen molar-refractivity contribution in [3.8, 4) is 6.07 Å². The van der Waals surface area contributed by atoms with Crippen LogP contribution in [0, 0.1) is 18.3 Å². The second-order valence-electron chi connectivity index (χ2n) is 4.96. The number of aryl methyl sites for hydroxylation is 3. The minimum Gasteiger partial charge on any atom is -0.358 e. The molecule has 0 amide bonds. The van der Waals surface area contributed by atoms with Gasteiger partial charge in [0.25, 0.3) is 0 Å². The maximum Gasteiger partial charge on any atom is 0.141 e. The van der Waals surface area contributed by atoms with Crippen molar-refractivity contribution in [1.29, 1.82) is 5.26 Å². The van der Waals surface area contributed by atoms with Gasteiger partial charge >= 0.3 is 0 Å². The first-order chi connectivity index (χ1) is 9.20. The Hall–Kier alpha value is -1.67. The van der Waals surface area contributed by atoms with Crippen LogP contribution in [0.1, 0.15) is 29.1 Å². The van der Waals surface area contributed by atoms with Crippen LogP contribution >= 0.6 is 11.3 Å². The number of anilines is 1. The summed E-state index contributed by atoms with van der Waals surface area (Å²) in [5, 5.41) is 9.96. The van der Waals surface area contributed by atoms with E-state index in [1.165, 1.54) is 28.7 Å². The highest BCUT2D eigenvalue weighted by molar-refractivity contribution is 7.19. The van der Waals surface area contributed by atoms with Crippen molar-refractivity contribution in [3.05, 3.63) is 16.3 Å². The molecule has 0 aromatic carbocycles. The summed E-state index contributed by atoms with van der Waals surface area (Å²) >= 11 is 1.81. The van der Waals surface area contributed by atoms with Crippen LogP contribution in [0.5, 0.6) is 0 Å². The summed E-state index contributed by atoms with van der Waals surface area (Å²) in [5.74, 6) is 1.81. The third kappa shape index (κ3) is 2.06. The second kappa shape index (κ2) is 4.78. The van der Waals surface area contributed by atoms with Gasteiger partial charge in [0.1, 0.15) is 16.5 Å². The molecular weight excluding hydrogens is 256 g/mol. The molecule has 0 bridgehead atoms. The highest BCUT2D eigenvalue weighted by atomic mass is 32.1. The lowest BCUT2D eigenvalue weighted by Crippen LogP contribution is -2.20. The van der Waals surface area contributed by atoms with E-state index in [2.05, 4.69) is 20.9 Å². The van der Waals surface area contributed by atoms with Crippen LogP contribution in [-0.4, -0.2) is 23.6 Å². The summed E-state index contributed by atoms with van der Waals surface area (Å²) < 4.78 is 0. The topological polar surface area (TPSA) is 52.8 Å². The van der Waals surface area contributed by atoms with Gasteiger partial charge in [-0.3, -0.25) is 0 Å². The van der Waals surface area contributed by atoms with Gasteiger partial charge in [0.05, 0.1) is 17.9 Å². The summed E-state index contributed by atoms with van der Waals surface area (Å²) in [4.78, 5) is 13.9. The standard InChI is InChI=1S/C14H16N4S/c1-9-16-13(18(2)8-4-7-15)12-10-5-3-6-11(10)19-14(12)17-9/h3-6,8H2,1-2H3. The highest BCUT2D eigenvalue weighted by Crippen LogP contribution is 2.40. The number of fused-ring (bicyclic) bond motifs is 3. The third-order valence-electron chi connectivity index (χ3n) is 3.58. The third-order valence-corrected chi connectivity index (χ3v) is 4.76. The molecule has 98 valence electrons. The Labute approximate surface area is 116 Å². The van der Waals surface area contributed by atoms with Crippen molar-refractivity contribution >= 4 is 27.4 Å². The molecular formula is C14H16N4S. The maximum atomic E-state index is 8.74. The molecule has 0 spiro atoms. The SMILES string of the molecule is Cc1nc(N(C)CCC#N)c2c3c(sc2n1)CCC3. The molecule has 0 unspecified atom stereocenters. The van der Waals surface area contributed by atoms with Gasteiger partial charge in [-0.1, -0.05) is 0 Å². The van der Waals surface area contributed by atoms with Crippen molar-refractivity contribution in [2.45, 2.75) is 32.6 Å². The Kier molecular flexibility index (Phi) is 3.11. The molecule has 0 saturated heterocycles. The molecule has 0 N–H and O–H groups in total. The first-order valence-electron chi connectivity index (χ1n) is 6.57. The Morgan fingerprint density at radius 3 is 3.00 bits per heavy atom. The van der Waals surface area contributed by atoms with Gasteiger partial charge in [-0.15, -0.1) is 11.3 Å². The Morgan fingerprint density at radius 2 is 2.21 bits per heavy atom. The van der Waals surface area contributed by atoms with E-state index < -0.39 is 0 Å². The van der Waals surface area contributed by atoms with Crippen LogP contribution in [0.25, 0.3) is 10.2 Å². The number of nitriles is 1. The van der Waals surface area contributed by atoms with Gasteiger partial charge in [-0.25, -0.2) is 9.97 Å². The average molecular weight is 272 g/mol. The zero-order valence-corrected chi connectivity index (χ0v) is 12.0. The van der Waals surface area contributed by atoms with Crippen LogP contribution in [0.15, 0.2) is 0 Å². The monoisotopic (exact) mass is 272 g/mol. The maximum absolute atomic E-state index is 8.74. The molecule has 5 heteroatoms. The highest BCUT2D eigenvalue weighted by Gasteiger charge is 2.23. The van der Waals surface area contributed by atoms with Gasteiger partial charge < -0.3 is 4.90 Å². The zero-order valence-electron chi connectivity index (χ0n) is 11.2. The second-order valence-corrected chi connectivity index (χ2v) is 6.05. The summed E-state index contributed by atoms with van der Waals surface area (Å²) in [6.07, 6.45) is 4.08. The largest absolute Gasteiger partial charge is 0.358 e. The van der Waals surface area contributed by atoms with E-state index >= 15 is 0 Å². The number of hydrogen-bond acceptors (Lipinski definition) is 5. The zero-order chi connectivity index (χ0) is 13.4. The van der Waals surface area contributed by atoms with Crippen LogP contribution < -0.4 is 4.90 Å². The molecule has 0 saturated carbocycles. The molecule has 4 nitrogen and oxygen atoms in total. The van der Waals surface area contributed by atoms with Crippen LogP contribution in [0.3, 0.4) is 0 Å². The number of nitrogens with zero attached hydrogens (tertiary/aromatic N) is 4. The summed E-state index contributed by atoms with van der Waals surface area (Å²) in [7, 11) is 2.01. The van der Waals surface area contributed by atoms with E-state index in [0.29, 0.717) is 13.0 Å². The molecule has 1 aliphatic rings. The molecule has 0 aliphatic heterocycles. The Morgan fingerprint density at radius 1 is 1.37 bits per heavy atom. The number of thiophene rings is 1. The normalized spacial score (nSPS) is 13.5. The molecule has 1 aliphatic carbocycles. The van der Waals surface area contributed by atoms with Crippen molar-refractivity contribution in [2.75, 3.05) is 18.5 Å². The number of rotatable bonds is 3. The van der Waals surface area contributed by atoms with E-state index in [4.69, 9.17) is 5.26 Å². The van der Waals surface area contributed by atoms with E-state index in [9.17, 15) is 0 Å². The van der Waals surface area contributed by atoms with Gasteiger partial charge in [-0.05, 0) is 31.7 Å². The van der Waals surface area contributed by atoms with Crippen molar-refractivity contribution in [3.63, 3.8) is 0 Å². The molecule has 0 atom stereocenters. The lowest BCUT2D eigenvalue weighted by molar-refractivity contribution is 0.877. The first-order valence-corrected chi connectivity index (χ1v) is 7.39. The fourth-order valence-corrected chi connectivity index (χ4v) is 3.98. The smallest absolute Gasteiger partial charge is 0.141 e.